The zero-order valence-corrected chi connectivity index (χ0v) is 33.0. The highest BCUT2D eigenvalue weighted by atomic mass is 79.9. The summed E-state index contributed by atoms with van der Waals surface area (Å²) in [5.74, 6) is -3.61. The van der Waals surface area contributed by atoms with Gasteiger partial charge in [-0.2, -0.15) is 0 Å². The van der Waals surface area contributed by atoms with E-state index in [1.165, 1.54) is 12.0 Å². The largest absolute Gasteiger partial charge is 0.497 e. The van der Waals surface area contributed by atoms with Crippen LogP contribution in [0.1, 0.15) is 51.2 Å². The van der Waals surface area contributed by atoms with Crippen molar-refractivity contribution in [2.75, 3.05) is 38.9 Å². The number of ether oxygens (including phenoxy) is 4. The summed E-state index contributed by atoms with van der Waals surface area (Å²) in [4.78, 5) is 60.4. The maximum atomic E-state index is 15.1. The molecule has 10 atom stereocenters. The summed E-state index contributed by atoms with van der Waals surface area (Å²) in [6, 6.07) is 13.4. The summed E-state index contributed by atoms with van der Waals surface area (Å²) in [7, 11) is 3.05. The van der Waals surface area contributed by atoms with Crippen molar-refractivity contribution in [3.05, 3.63) is 85.5 Å². The lowest BCUT2D eigenvalue weighted by Gasteiger charge is -2.41. The second kappa shape index (κ2) is 18.1. The lowest BCUT2D eigenvalue weighted by molar-refractivity contribution is -0.163. The lowest BCUT2D eigenvalue weighted by atomic mass is 9.70. The van der Waals surface area contributed by atoms with Gasteiger partial charge in [0.15, 0.2) is 0 Å². The van der Waals surface area contributed by atoms with E-state index in [9.17, 15) is 19.5 Å². The number of anilines is 1. The number of nitrogens with one attached hydrogen (secondary N) is 1. The van der Waals surface area contributed by atoms with Crippen molar-refractivity contribution in [2.45, 2.75) is 80.3 Å². The molecular formula is C41H52BrN3O9. The number of allylic oxidation sites excluding steroid dienone is 1. The van der Waals surface area contributed by atoms with E-state index in [2.05, 4.69) is 34.4 Å². The summed E-state index contributed by atoms with van der Waals surface area (Å²) in [6.45, 7) is 11.2. The van der Waals surface area contributed by atoms with Gasteiger partial charge in [-0.15, -0.1) is 13.2 Å². The van der Waals surface area contributed by atoms with Crippen LogP contribution in [0, 0.1) is 17.8 Å². The van der Waals surface area contributed by atoms with Crippen LogP contribution in [0.5, 0.6) is 5.75 Å². The minimum atomic E-state index is -1.42. The number of methoxy groups -OCH3 is 2. The molecule has 0 aromatic heterocycles. The molecule has 1 spiro atoms. The number of likely N-dealkylation sites (tertiary alicyclic amines) is 1. The molecule has 2 bridgehead atoms. The zero-order chi connectivity index (χ0) is 39.2. The maximum absolute atomic E-state index is 15.1. The normalized spacial score (nSPS) is 26.3. The molecule has 2 aromatic rings. The molecule has 3 fully saturated rings. The van der Waals surface area contributed by atoms with Gasteiger partial charge in [0.2, 0.25) is 11.8 Å². The fourth-order valence-electron chi connectivity index (χ4n) is 8.27. The third kappa shape index (κ3) is 7.87. The highest BCUT2D eigenvalue weighted by molar-refractivity contribution is 9.09. The molecule has 2 N–H and O–H groups in total. The molecule has 0 saturated carbocycles. The van der Waals surface area contributed by atoms with Gasteiger partial charge in [0.25, 0.3) is 5.91 Å². The second-order valence-electron chi connectivity index (χ2n) is 14.2. The van der Waals surface area contributed by atoms with E-state index in [-0.39, 0.29) is 37.8 Å². The van der Waals surface area contributed by atoms with Crippen LogP contribution in [-0.4, -0.2) is 102 Å². The Morgan fingerprint density at radius 1 is 1.13 bits per heavy atom. The Morgan fingerprint density at radius 2 is 1.83 bits per heavy atom. The molecule has 3 heterocycles. The van der Waals surface area contributed by atoms with Crippen LogP contribution < -0.4 is 15.0 Å². The van der Waals surface area contributed by atoms with Crippen LogP contribution >= 0.6 is 15.9 Å². The molecule has 54 heavy (non-hydrogen) atoms. The van der Waals surface area contributed by atoms with E-state index in [0.29, 0.717) is 29.8 Å². The first kappa shape index (κ1) is 41.1. The summed E-state index contributed by atoms with van der Waals surface area (Å²) in [6.07, 6.45) is 3.01. The van der Waals surface area contributed by atoms with Gasteiger partial charge >= 0.3 is 5.97 Å². The molecule has 3 aliphatic rings. The van der Waals surface area contributed by atoms with E-state index < -0.39 is 77.0 Å². The van der Waals surface area contributed by atoms with Gasteiger partial charge in [-0.05, 0) is 48.6 Å². The molecule has 1 unspecified atom stereocenters. The number of nitrogens with zero attached hydrogens (tertiary/aromatic N) is 2. The van der Waals surface area contributed by atoms with E-state index in [1.54, 1.807) is 72.7 Å². The summed E-state index contributed by atoms with van der Waals surface area (Å²) < 4.78 is 24.0. The van der Waals surface area contributed by atoms with Crippen molar-refractivity contribution >= 4 is 45.3 Å². The topological polar surface area (TPSA) is 144 Å². The van der Waals surface area contributed by atoms with Gasteiger partial charge < -0.3 is 39.2 Å². The standard InChI is InChI=1S/C41H52BrN3O9/c1-7-10-16-32(47)43-30(24-51-5)35(26-14-12-11-13-15-26)53-40(50)33-34-38(48)45(31(23-46)25(4)9-3)37(41(34)22-29(42)36(33)54-41)39(49)44(21-8-2)27-17-19-28(52-6)20-18-27/h7-8,11-15,17-20,25,29-31,33-37,46H,1-2,9-10,16,21-24H2,3-6H3,(H,43,47)/t25-,29?,30-,31-,33-,34+,35-,36-,37-,41+/m0/s1. The third-order valence-electron chi connectivity index (χ3n) is 11.0. The van der Waals surface area contributed by atoms with E-state index >= 15 is 4.79 Å². The van der Waals surface area contributed by atoms with E-state index in [1.807, 2.05) is 19.9 Å². The van der Waals surface area contributed by atoms with Gasteiger partial charge in [0.1, 0.15) is 23.5 Å². The van der Waals surface area contributed by atoms with Crippen LogP contribution in [-0.2, 0) is 33.4 Å². The van der Waals surface area contributed by atoms with E-state index in [0.717, 1.165) is 0 Å². The van der Waals surface area contributed by atoms with Crippen molar-refractivity contribution in [1.82, 2.24) is 10.2 Å². The van der Waals surface area contributed by atoms with Crippen molar-refractivity contribution < 1.29 is 43.2 Å². The van der Waals surface area contributed by atoms with Crippen molar-refractivity contribution in [2.24, 2.45) is 17.8 Å². The van der Waals surface area contributed by atoms with Gasteiger partial charge in [-0.1, -0.05) is 78.7 Å². The smallest absolute Gasteiger partial charge is 0.313 e. The number of carbonyl (C=O) groups is 4. The summed E-state index contributed by atoms with van der Waals surface area (Å²) in [5, 5.41) is 13.8. The Bertz CT molecular complexity index is 1660. The monoisotopic (exact) mass is 809 g/mol. The number of alkyl halides is 1. The van der Waals surface area contributed by atoms with Crippen LogP contribution in [0.15, 0.2) is 79.9 Å². The van der Waals surface area contributed by atoms with Crippen molar-refractivity contribution in [3.8, 4) is 5.75 Å². The van der Waals surface area contributed by atoms with Crippen LogP contribution in [0.4, 0.5) is 5.69 Å². The minimum absolute atomic E-state index is 0.0343. The number of halogens is 1. The Kier molecular flexibility index (Phi) is 13.8. The predicted molar refractivity (Wildman–Crippen MR) is 207 cm³/mol. The lowest BCUT2D eigenvalue weighted by Crippen LogP contribution is -2.60. The average Bonchev–Trinajstić information content (AvgIpc) is 3.78. The van der Waals surface area contributed by atoms with Crippen molar-refractivity contribution in [3.63, 3.8) is 0 Å². The van der Waals surface area contributed by atoms with E-state index in [4.69, 9.17) is 18.9 Å². The molecule has 3 aliphatic heterocycles. The molecule has 3 amide bonds. The molecule has 292 valence electrons. The number of esters is 1. The minimum Gasteiger partial charge on any atom is -0.497 e. The molecule has 3 saturated heterocycles. The van der Waals surface area contributed by atoms with Crippen LogP contribution in [0.2, 0.25) is 0 Å². The first-order valence-electron chi connectivity index (χ1n) is 18.5. The number of aliphatic hydroxyl groups excluding tert-OH is 1. The first-order valence-corrected chi connectivity index (χ1v) is 19.4. The molecule has 0 aliphatic carbocycles. The Balaban J connectivity index is 1.57. The van der Waals surface area contributed by atoms with Gasteiger partial charge in [0, 0.05) is 30.6 Å². The molecule has 0 radical (unpaired) electrons. The summed E-state index contributed by atoms with van der Waals surface area (Å²) in [5.41, 5.74) is -0.243. The molecular weight excluding hydrogens is 758 g/mol. The Labute approximate surface area is 326 Å². The number of aliphatic hydroxyl groups is 1. The van der Waals surface area contributed by atoms with Gasteiger partial charge in [0.05, 0.1) is 50.3 Å². The number of hydrogen-bond acceptors (Lipinski definition) is 9. The fraction of sp³-hybridized carbons (Fsp3) is 0.512. The number of amides is 3. The third-order valence-corrected chi connectivity index (χ3v) is 11.9. The number of rotatable bonds is 19. The molecule has 2 aromatic carbocycles. The predicted octanol–water partition coefficient (Wildman–Crippen LogP) is 4.75. The second-order valence-corrected chi connectivity index (χ2v) is 15.4. The highest BCUT2D eigenvalue weighted by Crippen LogP contribution is 2.61. The number of fused-ring (bicyclic) bond motifs is 1. The molecule has 12 nitrogen and oxygen atoms in total. The first-order chi connectivity index (χ1) is 26.0. The van der Waals surface area contributed by atoms with Gasteiger partial charge in [-0.25, -0.2) is 0 Å². The molecule has 5 rings (SSSR count). The van der Waals surface area contributed by atoms with Crippen LogP contribution in [0.3, 0.4) is 0 Å². The summed E-state index contributed by atoms with van der Waals surface area (Å²) >= 11 is 3.75. The average molecular weight is 811 g/mol. The SMILES string of the molecule is C=CCCC(=O)N[C@@H](COC)[C@@H](OC(=O)[C@@H]1[C@H]2O[C@@]3(CC2Br)[C@H](C(=O)N(CC=C)c2ccc(OC)cc2)N([C@@H](CO)[C@@H](C)CC)C(=O)[C@@H]13)c1ccccc1. The number of benzene rings is 2. The highest BCUT2D eigenvalue weighted by Gasteiger charge is 2.78. The number of hydrogen-bond donors (Lipinski definition) is 2. The Hall–Kier alpha value is -4.04. The number of carbonyl (C=O) groups excluding carboxylic acids is 4. The quantitative estimate of drug-likeness (QED) is 0.117. The van der Waals surface area contributed by atoms with Crippen LogP contribution in [0.25, 0.3) is 0 Å². The fourth-order valence-corrected chi connectivity index (χ4v) is 9.22. The Morgan fingerprint density at radius 3 is 2.43 bits per heavy atom. The zero-order valence-electron chi connectivity index (χ0n) is 31.4. The van der Waals surface area contributed by atoms with Gasteiger partial charge in [-0.3, -0.25) is 19.2 Å². The molecule has 13 heteroatoms. The maximum Gasteiger partial charge on any atom is 0.313 e. The van der Waals surface area contributed by atoms with Crippen molar-refractivity contribution in [1.29, 1.82) is 0 Å².